The summed E-state index contributed by atoms with van der Waals surface area (Å²) in [6, 6.07) is 11.6. The Kier molecular flexibility index (Phi) is 5.54. The second-order valence-electron chi connectivity index (χ2n) is 7.90. The Labute approximate surface area is 159 Å². The monoisotopic (exact) mass is 367 g/mol. The predicted octanol–water partition coefficient (Wildman–Crippen LogP) is 3.97. The Balaban J connectivity index is 1.61. The molecule has 1 aromatic heterocycles. The number of Topliss-reactive ketones (excluding diaryl/α,β-unsaturated/α-hetero) is 1. The summed E-state index contributed by atoms with van der Waals surface area (Å²) in [6.45, 7) is 6.69. The number of benzene rings is 1. The number of amides is 1. The average Bonchev–Trinajstić information content (AvgIpc) is 3.10. The molecule has 1 amide bonds. The highest BCUT2D eigenvalue weighted by molar-refractivity contribution is 5.95. The van der Waals surface area contributed by atoms with Crippen LogP contribution in [0, 0.1) is 5.92 Å². The van der Waals surface area contributed by atoms with Gasteiger partial charge in [-0.1, -0.05) is 30.3 Å². The zero-order chi connectivity index (χ0) is 19.4. The average molecular weight is 367 g/mol. The minimum absolute atomic E-state index is 0.0451. The first kappa shape index (κ1) is 19.0. The molecular formula is C21H25N3O3. The number of hydrogen-bond donors (Lipinski definition) is 0. The zero-order valence-electron chi connectivity index (χ0n) is 16.0. The number of likely N-dealkylation sites (tertiary alicyclic amines) is 1. The van der Waals surface area contributed by atoms with Gasteiger partial charge in [0.1, 0.15) is 11.3 Å². The smallest absolute Gasteiger partial charge is 0.410 e. The summed E-state index contributed by atoms with van der Waals surface area (Å²) in [5, 5.41) is 7.99. The molecule has 6 heteroatoms. The van der Waals surface area contributed by atoms with E-state index in [4.69, 9.17) is 4.74 Å². The minimum atomic E-state index is -0.515. The fourth-order valence-electron chi connectivity index (χ4n) is 3.15. The van der Waals surface area contributed by atoms with E-state index < -0.39 is 5.60 Å². The number of carbonyl (C=O) groups is 2. The maximum absolute atomic E-state index is 12.7. The highest BCUT2D eigenvalue weighted by Gasteiger charge is 2.31. The van der Waals surface area contributed by atoms with Gasteiger partial charge < -0.3 is 9.64 Å². The van der Waals surface area contributed by atoms with E-state index in [1.54, 1.807) is 17.2 Å². The lowest BCUT2D eigenvalue weighted by molar-refractivity contribution is 0.0286. The molecule has 1 aromatic carbocycles. The molecule has 1 fully saturated rings. The first-order valence-corrected chi connectivity index (χ1v) is 9.21. The van der Waals surface area contributed by atoms with E-state index in [0.717, 1.165) is 17.5 Å². The van der Waals surface area contributed by atoms with Gasteiger partial charge in [0.25, 0.3) is 0 Å². The quantitative estimate of drug-likeness (QED) is 0.765. The normalized spacial score (nSPS) is 17.0. The lowest BCUT2D eigenvalue weighted by atomic mass is 9.99. The molecule has 142 valence electrons. The van der Waals surface area contributed by atoms with Crippen LogP contribution in [0.15, 0.2) is 42.6 Å². The summed E-state index contributed by atoms with van der Waals surface area (Å²) in [5.74, 6) is 0.0727. The highest BCUT2D eigenvalue weighted by atomic mass is 16.6. The SMILES string of the molecule is CC(C)(C)OC(=O)N1CC[C@@H](CC(=O)c2cc(-c3ccccc3)cnn2)C1. The Morgan fingerprint density at radius 3 is 2.63 bits per heavy atom. The molecule has 1 saturated heterocycles. The molecule has 0 bridgehead atoms. The van der Waals surface area contributed by atoms with Crippen LogP contribution in [0.1, 0.15) is 44.1 Å². The molecule has 2 heterocycles. The van der Waals surface area contributed by atoms with Crippen LogP contribution in [0.3, 0.4) is 0 Å². The maximum atomic E-state index is 12.7. The first-order chi connectivity index (χ1) is 12.8. The van der Waals surface area contributed by atoms with Gasteiger partial charge in [-0.3, -0.25) is 4.79 Å². The standard InChI is InChI=1S/C21H25N3O3/c1-21(2,3)27-20(26)24-10-9-15(14-24)11-19(25)18-12-17(13-22-23-18)16-7-5-4-6-8-16/h4-8,12-13,15H,9-11,14H2,1-3H3/t15-/m0/s1. The number of hydrogen-bond acceptors (Lipinski definition) is 5. The van der Waals surface area contributed by atoms with Crippen LogP contribution in [0.25, 0.3) is 11.1 Å². The Morgan fingerprint density at radius 1 is 1.19 bits per heavy atom. The molecular weight excluding hydrogens is 342 g/mol. The predicted molar refractivity (Wildman–Crippen MR) is 102 cm³/mol. The van der Waals surface area contributed by atoms with Crippen molar-refractivity contribution < 1.29 is 14.3 Å². The van der Waals surface area contributed by atoms with E-state index in [-0.39, 0.29) is 17.8 Å². The largest absolute Gasteiger partial charge is 0.444 e. The van der Waals surface area contributed by atoms with Crippen molar-refractivity contribution >= 4 is 11.9 Å². The number of rotatable bonds is 4. The van der Waals surface area contributed by atoms with Crippen LogP contribution in [0.2, 0.25) is 0 Å². The topological polar surface area (TPSA) is 72.4 Å². The van der Waals surface area contributed by atoms with Crippen LogP contribution in [0.4, 0.5) is 4.79 Å². The van der Waals surface area contributed by atoms with E-state index >= 15 is 0 Å². The van der Waals surface area contributed by atoms with Crippen molar-refractivity contribution in [3.05, 3.63) is 48.3 Å². The van der Waals surface area contributed by atoms with E-state index in [0.29, 0.717) is 25.2 Å². The Bertz CT molecular complexity index is 815. The summed E-state index contributed by atoms with van der Waals surface area (Å²) < 4.78 is 5.40. The van der Waals surface area contributed by atoms with Gasteiger partial charge in [-0.25, -0.2) is 4.79 Å². The summed E-state index contributed by atoms with van der Waals surface area (Å²) in [6.07, 6.45) is 2.48. The second-order valence-corrected chi connectivity index (χ2v) is 7.90. The lowest BCUT2D eigenvalue weighted by Gasteiger charge is -2.24. The van der Waals surface area contributed by atoms with Crippen molar-refractivity contribution in [3.8, 4) is 11.1 Å². The highest BCUT2D eigenvalue weighted by Crippen LogP contribution is 2.24. The minimum Gasteiger partial charge on any atom is -0.444 e. The molecule has 2 aromatic rings. The van der Waals surface area contributed by atoms with Crippen molar-refractivity contribution in [2.45, 2.75) is 39.2 Å². The molecule has 0 spiro atoms. The Hall–Kier alpha value is -2.76. The summed E-state index contributed by atoms with van der Waals surface area (Å²) >= 11 is 0. The fraction of sp³-hybridized carbons (Fsp3) is 0.429. The van der Waals surface area contributed by atoms with Crippen LogP contribution in [-0.4, -0.2) is 45.7 Å². The summed E-state index contributed by atoms with van der Waals surface area (Å²) in [4.78, 5) is 26.5. The second kappa shape index (κ2) is 7.86. The van der Waals surface area contributed by atoms with Crippen molar-refractivity contribution in [2.24, 2.45) is 5.92 Å². The third-order valence-electron chi connectivity index (χ3n) is 4.46. The Morgan fingerprint density at radius 2 is 1.93 bits per heavy atom. The first-order valence-electron chi connectivity index (χ1n) is 9.21. The van der Waals surface area contributed by atoms with E-state index in [1.165, 1.54) is 0 Å². The van der Waals surface area contributed by atoms with Gasteiger partial charge in [0.2, 0.25) is 0 Å². The molecule has 0 radical (unpaired) electrons. The van der Waals surface area contributed by atoms with Crippen LogP contribution < -0.4 is 0 Å². The van der Waals surface area contributed by atoms with E-state index in [1.807, 2.05) is 51.1 Å². The third kappa shape index (κ3) is 5.12. The van der Waals surface area contributed by atoms with Crippen molar-refractivity contribution in [1.29, 1.82) is 0 Å². The van der Waals surface area contributed by atoms with Gasteiger partial charge in [0.15, 0.2) is 5.78 Å². The van der Waals surface area contributed by atoms with Gasteiger partial charge in [0, 0.05) is 25.1 Å². The molecule has 0 unspecified atom stereocenters. The zero-order valence-corrected chi connectivity index (χ0v) is 16.0. The van der Waals surface area contributed by atoms with Gasteiger partial charge in [-0.2, -0.15) is 5.10 Å². The molecule has 3 rings (SSSR count). The maximum Gasteiger partial charge on any atom is 0.410 e. The number of ether oxygens (including phenoxy) is 1. The number of aromatic nitrogens is 2. The van der Waals surface area contributed by atoms with Gasteiger partial charge in [0.05, 0.1) is 6.20 Å². The van der Waals surface area contributed by atoms with Gasteiger partial charge >= 0.3 is 6.09 Å². The molecule has 0 aliphatic carbocycles. The molecule has 6 nitrogen and oxygen atoms in total. The summed E-state index contributed by atoms with van der Waals surface area (Å²) in [5.41, 5.74) is 1.72. The van der Waals surface area contributed by atoms with Crippen molar-refractivity contribution in [3.63, 3.8) is 0 Å². The molecule has 1 atom stereocenters. The third-order valence-corrected chi connectivity index (χ3v) is 4.46. The van der Waals surface area contributed by atoms with Gasteiger partial charge in [-0.15, -0.1) is 5.10 Å². The van der Waals surface area contributed by atoms with Gasteiger partial charge in [-0.05, 0) is 44.7 Å². The van der Waals surface area contributed by atoms with Crippen LogP contribution in [0.5, 0.6) is 0 Å². The number of ketones is 1. The van der Waals surface area contributed by atoms with Crippen molar-refractivity contribution in [2.75, 3.05) is 13.1 Å². The van der Waals surface area contributed by atoms with E-state index in [2.05, 4.69) is 10.2 Å². The summed E-state index contributed by atoms with van der Waals surface area (Å²) in [7, 11) is 0. The number of carbonyl (C=O) groups excluding carboxylic acids is 2. The van der Waals surface area contributed by atoms with E-state index in [9.17, 15) is 9.59 Å². The molecule has 0 N–H and O–H groups in total. The molecule has 1 aliphatic rings. The molecule has 0 saturated carbocycles. The fourth-order valence-corrected chi connectivity index (χ4v) is 3.15. The number of nitrogens with zero attached hydrogens (tertiary/aromatic N) is 3. The van der Waals surface area contributed by atoms with Crippen LogP contribution >= 0.6 is 0 Å². The molecule has 27 heavy (non-hydrogen) atoms. The molecule has 1 aliphatic heterocycles. The van der Waals surface area contributed by atoms with Crippen molar-refractivity contribution in [1.82, 2.24) is 15.1 Å². The van der Waals surface area contributed by atoms with Crippen LogP contribution in [-0.2, 0) is 4.74 Å². The lowest BCUT2D eigenvalue weighted by Crippen LogP contribution is -2.35.